The number of hydrogen-bond acceptors (Lipinski definition) is 1. The molecule has 0 aromatic rings. The molecule has 82 valence electrons. The summed E-state index contributed by atoms with van der Waals surface area (Å²) in [5, 5.41) is 0. The third-order valence-electron chi connectivity index (χ3n) is 1.51. The fourth-order valence-electron chi connectivity index (χ4n) is 0.997. The highest BCUT2D eigenvalue weighted by atomic mass is 127. The van der Waals surface area contributed by atoms with Gasteiger partial charge in [0.15, 0.2) is 0 Å². The first-order valence-corrected chi connectivity index (χ1v) is 6.74. The number of alkyl halides is 1. The summed E-state index contributed by atoms with van der Waals surface area (Å²) in [6, 6.07) is 0. The van der Waals surface area contributed by atoms with Gasteiger partial charge in [-0.1, -0.05) is 35.4 Å². The highest BCUT2D eigenvalue weighted by molar-refractivity contribution is 14.1. The molecule has 0 aliphatic carbocycles. The molecule has 0 radical (unpaired) electrons. The number of halogens is 1. The molecule has 0 bridgehead atoms. The monoisotopic (exact) mass is 308 g/mol. The topological polar surface area (TPSA) is 9.23 Å². The molecule has 0 saturated heterocycles. The van der Waals surface area contributed by atoms with Crippen molar-refractivity contribution in [3.8, 4) is 11.8 Å². The molecule has 0 amide bonds. The molecule has 0 rings (SSSR count). The van der Waals surface area contributed by atoms with Crippen LogP contribution in [0.25, 0.3) is 0 Å². The summed E-state index contributed by atoms with van der Waals surface area (Å²) in [4.78, 5) is 0. The van der Waals surface area contributed by atoms with Crippen molar-refractivity contribution in [2.45, 2.75) is 58.7 Å². The Hall–Kier alpha value is 0.250. The van der Waals surface area contributed by atoms with Crippen molar-refractivity contribution in [2.75, 3.05) is 4.43 Å². The van der Waals surface area contributed by atoms with Gasteiger partial charge in [-0.15, -0.1) is 5.92 Å². The first-order valence-electron chi connectivity index (χ1n) is 5.21. The largest absolute Gasteiger partial charge is 0.360 e. The van der Waals surface area contributed by atoms with Crippen molar-refractivity contribution in [3.05, 3.63) is 0 Å². The van der Waals surface area contributed by atoms with Crippen LogP contribution in [0.1, 0.15) is 47.0 Å². The second kappa shape index (κ2) is 7.53. The number of ether oxygens (including phenoxy) is 1. The van der Waals surface area contributed by atoms with Crippen molar-refractivity contribution in [1.29, 1.82) is 0 Å². The third kappa shape index (κ3) is 8.83. The lowest BCUT2D eigenvalue weighted by molar-refractivity contribution is -0.0340. The summed E-state index contributed by atoms with van der Waals surface area (Å²) in [7, 11) is 0. The van der Waals surface area contributed by atoms with Gasteiger partial charge in [0.2, 0.25) is 0 Å². The van der Waals surface area contributed by atoms with Crippen molar-refractivity contribution in [2.24, 2.45) is 0 Å². The van der Waals surface area contributed by atoms with Gasteiger partial charge in [0.05, 0.1) is 5.60 Å². The molecule has 0 fully saturated rings. The minimum Gasteiger partial charge on any atom is -0.360 e. The molecule has 14 heavy (non-hydrogen) atoms. The first kappa shape index (κ1) is 14.2. The average molecular weight is 308 g/mol. The van der Waals surface area contributed by atoms with Gasteiger partial charge in [0.25, 0.3) is 0 Å². The van der Waals surface area contributed by atoms with Gasteiger partial charge < -0.3 is 4.74 Å². The van der Waals surface area contributed by atoms with Crippen LogP contribution in [-0.2, 0) is 4.74 Å². The standard InChI is InChI=1S/C12H21IO/c1-5-6-7-8-11(9-10-13)14-12(2,3)4/h11H,5-6,9-10H2,1-4H3. The van der Waals surface area contributed by atoms with Crippen LogP contribution in [0.4, 0.5) is 0 Å². The minimum atomic E-state index is -0.0859. The first-order chi connectivity index (χ1) is 6.49. The van der Waals surface area contributed by atoms with E-state index in [1.165, 1.54) is 0 Å². The normalized spacial score (nSPS) is 13.2. The van der Waals surface area contributed by atoms with Crippen molar-refractivity contribution < 1.29 is 4.74 Å². The number of hydrogen-bond donors (Lipinski definition) is 0. The van der Waals surface area contributed by atoms with Gasteiger partial charge in [-0.05, 0) is 33.6 Å². The fourth-order valence-corrected chi connectivity index (χ4v) is 1.56. The van der Waals surface area contributed by atoms with Crippen LogP contribution in [0, 0.1) is 11.8 Å². The van der Waals surface area contributed by atoms with Gasteiger partial charge >= 0.3 is 0 Å². The molecule has 0 N–H and O–H groups in total. The van der Waals surface area contributed by atoms with E-state index < -0.39 is 0 Å². The predicted molar refractivity (Wildman–Crippen MR) is 70.8 cm³/mol. The Bertz CT molecular complexity index is 195. The lowest BCUT2D eigenvalue weighted by atomic mass is 10.1. The van der Waals surface area contributed by atoms with E-state index in [2.05, 4.69) is 62.1 Å². The molecule has 0 spiro atoms. The summed E-state index contributed by atoms with van der Waals surface area (Å²) in [6.45, 7) is 8.38. The van der Waals surface area contributed by atoms with E-state index in [0.29, 0.717) is 0 Å². The van der Waals surface area contributed by atoms with Crippen LogP contribution >= 0.6 is 22.6 Å². The zero-order chi connectivity index (χ0) is 11.0. The van der Waals surface area contributed by atoms with Gasteiger partial charge in [-0.25, -0.2) is 0 Å². The smallest absolute Gasteiger partial charge is 0.119 e. The lowest BCUT2D eigenvalue weighted by Gasteiger charge is -2.23. The molecule has 0 aromatic carbocycles. The van der Waals surface area contributed by atoms with Crippen molar-refractivity contribution in [1.82, 2.24) is 0 Å². The quantitative estimate of drug-likeness (QED) is 0.436. The van der Waals surface area contributed by atoms with Gasteiger partial charge in [0.1, 0.15) is 6.10 Å². The Morgan fingerprint density at radius 2 is 2.00 bits per heavy atom. The van der Waals surface area contributed by atoms with Crippen molar-refractivity contribution in [3.63, 3.8) is 0 Å². The van der Waals surface area contributed by atoms with Crippen LogP contribution in [-0.4, -0.2) is 16.1 Å². The highest BCUT2D eigenvalue weighted by Gasteiger charge is 2.16. The van der Waals surface area contributed by atoms with Gasteiger partial charge in [-0.2, -0.15) is 0 Å². The fraction of sp³-hybridized carbons (Fsp3) is 0.833. The molecule has 0 aliphatic heterocycles. The van der Waals surface area contributed by atoms with Crippen LogP contribution < -0.4 is 0 Å². The maximum atomic E-state index is 5.85. The van der Waals surface area contributed by atoms with E-state index in [9.17, 15) is 0 Å². The summed E-state index contributed by atoms with van der Waals surface area (Å²) in [5.74, 6) is 6.37. The summed E-state index contributed by atoms with van der Waals surface area (Å²) in [5.41, 5.74) is -0.0859. The second-order valence-corrected chi connectivity index (χ2v) is 5.35. The zero-order valence-electron chi connectivity index (χ0n) is 9.69. The average Bonchev–Trinajstić information content (AvgIpc) is 2.02. The van der Waals surface area contributed by atoms with E-state index in [0.717, 1.165) is 23.7 Å². The summed E-state index contributed by atoms with van der Waals surface area (Å²) in [6.07, 6.45) is 3.23. The van der Waals surface area contributed by atoms with Crippen LogP contribution in [0.2, 0.25) is 0 Å². The molecule has 0 aromatic heterocycles. The number of unbranched alkanes of at least 4 members (excludes halogenated alkanes) is 1. The molecule has 0 saturated carbocycles. The Balaban J connectivity index is 4.10. The predicted octanol–water partition coefficient (Wildman–Crippen LogP) is 3.80. The lowest BCUT2D eigenvalue weighted by Crippen LogP contribution is -2.26. The van der Waals surface area contributed by atoms with E-state index >= 15 is 0 Å². The molecule has 1 nitrogen and oxygen atoms in total. The Morgan fingerprint density at radius 3 is 2.43 bits per heavy atom. The van der Waals surface area contributed by atoms with Crippen LogP contribution in [0.3, 0.4) is 0 Å². The summed E-state index contributed by atoms with van der Waals surface area (Å²) < 4.78 is 6.94. The molecular formula is C12H21IO. The van der Waals surface area contributed by atoms with E-state index in [-0.39, 0.29) is 11.7 Å². The van der Waals surface area contributed by atoms with Crippen LogP contribution in [0.5, 0.6) is 0 Å². The minimum absolute atomic E-state index is 0.0859. The van der Waals surface area contributed by atoms with E-state index in [4.69, 9.17) is 4.74 Å². The Kier molecular flexibility index (Phi) is 7.66. The van der Waals surface area contributed by atoms with Gasteiger partial charge in [0, 0.05) is 10.8 Å². The SMILES string of the molecule is CCCC#CC(CCI)OC(C)(C)C. The Labute approximate surface area is 102 Å². The highest BCUT2D eigenvalue weighted by Crippen LogP contribution is 2.13. The maximum Gasteiger partial charge on any atom is 0.119 e. The molecule has 1 atom stereocenters. The van der Waals surface area contributed by atoms with Crippen LogP contribution in [0.15, 0.2) is 0 Å². The molecule has 0 heterocycles. The van der Waals surface area contributed by atoms with Crippen molar-refractivity contribution >= 4 is 22.6 Å². The molecule has 2 heteroatoms. The maximum absolute atomic E-state index is 5.85. The molecule has 0 aliphatic rings. The third-order valence-corrected chi connectivity index (χ3v) is 2.13. The molecular weight excluding hydrogens is 287 g/mol. The second-order valence-electron chi connectivity index (χ2n) is 4.27. The number of rotatable bonds is 4. The summed E-state index contributed by atoms with van der Waals surface area (Å²) >= 11 is 2.37. The van der Waals surface area contributed by atoms with E-state index in [1.807, 2.05) is 0 Å². The van der Waals surface area contributed by atoms with E-state index in [1.54, 1.807) is 0 Å². The molecule has 1 unspecified atom stereocenters. The zero-order valence-corrected chi connectivity index (χ0v) is 11.8. The van der Waals surface area contributed by atoms with Gasteiger partial charge in [-0.3, -0.25) is 0 Å². The Morgan fingerprint density at radius 1 is 1.36 bits per heavy atom.